The first-order valence-corrected chi connectivity index (χ1v) is 8.51. The fraction of sp³-hybridized carbons (Fsp3) is 0.625. The third-order valence-corrected chi connectivity index (χ3v) is 5.01. The first-order chi connectivity index (χ1) is 10.1. The molecular weight excluding hydrogens is 338 g/mol. The van der Waals surface area contributed by atoms with Crippen LogP contribution < -0.4 is 5.32 Å². The van der Waals surface area contributed by atoms with Gasteiger partial charge in [-0.2, -0.15) is 0 Å². The van der Waals surface area contributed by atoms with Crippen LogP contribution in [0, 0.1) is 17.6 Å². The van der Waals surface area contributed by atoms with Crippen LogP contribution in [0.5, 0.6) is 0 Å². The average molecular weight is 359 g/mol. The van der Waals surface area contributed by atoms with Crippen molar-refractivity contribution in [3.63, 3.8) is 0 Å². The number of nitrogens with one attached hydrogen (secondary N) is 1. The van der Waals surface area contributed by atoms with Gasteiger partial charge in [0.1, 0.15) is 11.6 Å². The Balaban J connectivity index is 1.60. The summed E-state index contributed by atoms with van der Waals surface area (Å²) in [7, 11) is 0. The minimum atomic E-state index is -0.465. The maximum Gasteiger partial charge on any atom is 0.144 e. The summed E-state index contributed by atoms with van der Waals surface area (Å²) in [5.74, 6) is -0.320. The molecule has 2 nitrogen and oxygen atoms in total. The van der Waals surface area contributed by atoms with Crippen molar-refractivity contribution in [1.29, 1.82) is 0 Å². The summed E-state index contributed by atoms with van der Waals surface area (Å²) in [6.45, 7) is 3.23. The van der Waals surface area contributed by atoms with Gasteiger partial charge in [-0.3, -0.25) is 4.90 Å². The quantitative estimate of drug-likeness (QED) is 0.807. The zero-order valence-corrected chi connectivity index (χ0v) is 13.6. The highest BCUT2D eigenvalue weighted by atomic mass is 79.9. The van der Waals surface area contributed by atoms with Crippen molar-refractivity contribution in [2.24, 2.45) is 5.92 Å². The van der Waals surface area contributed by atoms with E-state index < -0.39 is 11.6 Å². The van der Waals surface area contributed by atoms with Crippen molar-refractivity contribution in [2.75, 3.05) is 19.6 Å². The smallest absolute Gasteiger partial charge is 0.144 e. The highest BCUT2D eigenvalue weighted by Gasteiger charge is 2.25. The van der Waals surface area contributed by atoms with Crippen LogP contribution in [0.3, 0.4) is 0 Å². The summed E-state index contributed by atoms with van der Waals surface area (Å²) < 4.78 is 28.2. The van der Waals surface area contributed by atoms with E-state index in [4.69, 9.17) is 0 Å². The van der Waals surface area contributed by atoms with Gasteiger partial charge in [0.25, 0.3) is 0 Å². The molecule has 1 saturated carbocycles. The van der Waals surface area contributed by atoms with Crippen molar-refractivity contribution in [2.45, 2.75) is 38.3 Å². The van der Waals surface area contributed by atoms with Crippen LogP contribution in [-0.4, -0.2) is 30.6 Å². The Labute approximate surface area is 133 Å². The molecule has 1 aromatic carbocycles. The fourth-order valence-corrected chi connectivity index (χ4v) is 3.39. The molecule has 2 aliphatic rings. The molecule has 5 heteroatoms. The molecule has 1 unspecified atom stereocenters. The van der Waals surface area contributed by atoms with Gasteiger partial charge < -0.3 is 5.32 Å². The van der Waals surface area contributed by atoms with Crippen LogP contribution >= 0.6 is 15.9 Å². The fourth-order valence-electron chi connectivity index (χ4n) is 3.02. The predicted octanol–water partition coefficient (Wildman–Crippen LogP) is 3.69. The molecule has 0 amide bonds. The summed E-state index contributed by atoms with van der Waals surface area (Å²) in [6.07, 6.45) is 4.91. The van der Waals surface area contributed by atoms with Crippen LogP contribution in [0.15, 0.2) is 16.6 Å². The van der Waals surface area contributed by atoms with Crippen molar-refractivity contribution < 1.29 is 8.78 Å². The van der Waals surface area contributed by atoms with E-state index in [0.717, 1.165) is 32.1 Å². The Hall–Kier alpha value is -0.520. The normalized spacial score (nSPS) is 23.5. The molecule has 116 valence electrons. The minimum absolute atomic E-state index is 0.181. The molecule has 21 heavy (non-hydrogen) atoms. The van der Waals surface area contributed by atoms with E-state index in [1.165, 1.54) is 31.4 Å². The third-order valence-electron chi connectivity index (χ3n) is 4.40. The summed E-state index contributed by atoms with van der Waals surface area (Å²) in [5.41, 5.74) is 0.181. The molecule has 0 spiro atoms. The predicted molar refractivity (Wildman–Crippen MR) is 83.1 cm³/mol. The van der Waals surface area contributed by atoms with Gasteiger partial charge in [0.05, 0.1) is 4.47 Å². The van der Waals surface area contributed by atoms with Crippen molar-refractivity contribution in [3.05, 3.63) is 33.8 Å². The second-order valence-corrected chi connectivity index (χ2v) is 7.10. The Morgan fingerprint density at radius 2 is 2.05 bits per heavy atom. The van der Waals surface area contributed by atoms with Gasteiger partial charge in [-0.15, -0.1) is 0 Å². The molecule has 0 radical (unpaired) electrons. The van der Waals surface area contributed by atoms with Gasteiger partial charge in [-0.05, 0) is 72.8 Å². The lowest BCUT2D eigenvalue weighted by Crippen LogP contribution is -2.40. The molecule has 1 aliphatic carbocycles. The lowest BCUT2D eigenvalue weighted by atomic mass is 9.97. The number of rotatable bonds is 5. The third kappa shape index (κ3) is 4.02. The number of hydrogen-bond donors (Lipinski definition) is 1. The van der Waals surface area contributed by atoms with Gasteiger partial charge in [0.15, 0.2) is 0 Å². The average Bonchev–Trinajstić information content (AvgIpc) is 3.30. The number of halogens is 3. The molecule has 1 aromatic rings. The molecule has 3 rings (SSSR count). The van der Waals surface area contributed by atoms with Crippen molar-refractivity contribution >= 4 is 15.9 Å². The molecule has 1 aliphatic heterocycles. The van der Waals surface area contributed by atoms with Gasteiger partial charge in [-0.25, -0.2) is 8.78 Å². The van der Waals surface area contributed by atoms with Gasteiger partial charge in [-0.1, -0.05) is 0 Å². The summed E-state index contributed by atoms with van der Waals surface area (Å²) in [4.78, 5) is 2.18. The maximum atomic E-state index is 14.1. The lowest BCUT2D eigenvalue weighted by molar-refractivity contribution is 0.161. The molecule has 1 N–H and O–H groups in total. The van der Waals surface area contributed by atoms with Crippen LogP contribution in [-0.2, 0) is 6.54 Å². The summed E-state index contributed by atoms with van der Waals surface area (Å²) in [6, 6.07) is 3.48. The van der Waals surface area contributed by atoms with E-state index in [0.29, 0.717) is 16.9 Å². The van der Waals surface area contributed by atoms with E-state index in [1.54, 1.807) is 0 Å². The molecule has 1 atom stereocenters. The van der Waals surface area contributed by atoms with E-state index in [-0.39, 0.29) is 5.56 Å². The number of likely N-dealkylation sites (tertiary alicyclic amines) is 1. The van der Waals surface area contributed by atoms with Crippen molar-refractivity contribution in [3.8, 4) is 0 Å². The second-order valence-electron chi connectivity index (χ2n) is 6.25. The van der Waals surface area contributed by atoms with Crippen LogP contribution in [0.1, 0.15) is 31.2 Å². The Morgan fingerprint density at radius 3 is 2.81 bits per heavy atom. The molecule has 2 fully saturated rings. The topological polar surface area (TPSA) is 15.3 Å². The largest absolute Gasteiger partial charge is 0.314 e. The number of nitrogens with zero attached hydrogens (tertiary/aromatic N) is 1. The monoisotopic (exact) mass is 358 g/mol. The Morgan fingerprint density at radius 1 is 1.24 bits per heavy atom. The summed E-state index contributed by atoms with van der Waals surface area (Å²) >= 11 is 3.13. The summed E-state index contributed by atoms with van der Waals surface area (Å²) in [5, 5.41) is 3.56. The standard InChI is InChI=1S/C16H21BrF2N2/c17-14-5-6-15(18)13(16(14)19)10-21-7-1-2-11(9-21)8-20-12-3-4-12/h5-6,11-12,20H,1-4,7-10H2. The Bertz CT molecular complexity index is 505. The second kappa shape index (κ2) is 6.71. The maximum absolute atomic E-state index is 14.1. The van der Waals surface area contributed by atoms with E-state index in [9.17, 15) is 8.78 Å². The van der Waals surface area contributed by atoms with Gasteiger partial charge in [0, 0.05) is 24.7 Å². The number of piperidine rings is 1. The molecule has 1 heterocycles. The highest BCUT2D eigenvalue weighted by Crippen LogP contribution is 2.26. The lowest BCUT2D eigenvalue weighted by Gasteiger charge is -2.33. The van der Waals surface area contributed by atoms with Crippen molar-refractivity contribution in [1.82, 2.24) is 10.2 Å². The first kappa shape index (κ1) is 15.4. The molecule has 0 bridgehead atoms. The van der Waals surface area contributed by atoms with Crippen LogP contribution in [0.25, 0.3) is 0 Å². The van der Waals surface area contributed by atoms with E-state index in [1.807, 2.05) is 0 Å². The number of hydrogen-bond acceptors (Lipinski definition) is 2. The first-order valence-electron chi connectivity index (χ1n) is 7.71. The van der Waals surface area contributed by atoms with E-state index >= 15 is 0 Å². The van der Waals surface area contributed by atoms with Crippen LogP contribution in [0.2, 0.25) is 0 Å². The minimum Gasteiger partial charge on any atom is -0.314 e. The number of benzene rings is 1. The highest BCUT2D eigenvalue weighted by molar-refractivity contribution is 9.10. The van der Waals surface area contributed by atoms with E-state index in [2.05, 4.69) is 26.1 Å². The molecule has 1 saturated heterocycles. The van der Waals surface area contributed by atoms with Crippen LogP contribution in [0.4, 0.5) is 8.78 Å². The molecular formula is C16H21BrF2N2. The zero-order valence-electron chi connectivity index (χ0n) is 12.0. The molecule has 0 aromatic heterocycles. The van der Waals surface area contributed by atoms with Gasteiger partial charge in [0.2, 0.25) is 0 Å². The zero-order chi connectivity index (χ0) is 14.8. The SMILES string of the molecule is Fc1ccc(Br)c(F)c1CN1CCCC(CNC2CC2)C1. The Kier molecular flexibility index (Phi) is 4.92. The van der Waals surface area contributed by atoms with Gasteiger partial charge >= 0.3 is 0 Å².